The Morgan fingerprint density at radius 1 is 1.27 bits per heavy atom. The molecule has 122 valence electrons. The molecule has 1 aliphatic heterocycles. The molecule has 0 aliphatic carbocycles. The minimum atomic E-state index is 0.532. The van der Waals surface area contributed by atoms with Crippen molar-refractivity contribution >= 4 is 21.9 Å². The molecule has 4 nitrogen and oxygen atoms in total. The molecule has 0 saturated carbocycles. The Balaban J connectivity index is 1.75. The van der Waals surface area contributed by atoms with Gasteiger partial charge in [0.15, 0.2) is 5.96 Å². The summed E-state index contributed by atoms with van der Waals surface area (Å²) in [5, 5.41) is 6.95. The maximum Gasteiger partial charge on any atom is 0.191 e. The highest BCUT2D eigenvalue weighted by atomic mass is 79.9. The van der Waals surface area contributed by atoms with Gasteiger partial charge < -0.3 is 15.5 Å². The van der Waals surface area contributed by atoms with Crippen LogP contribution in [0.15, 0.2) is 33.7 Å². The number of benzene rings is 1. The lowest BCUT2D eigenvalue weighted by atomic mass is 10.1. The van der Waals surface area contributed by atoms with Gasteiger partial charge in [-0.25, -0.2) is 0 Å². The molecule has 0 bridgehead atoms. The lowest BCUT2D eigenvalue weighted by molar-refractivity contribution is 0.206. The number of halogens is 1. The number of aliphatic imine (C=N–C) groups is 1. The maximum absolute atomic E-state index is 4.34. The summed E-state index contributed by atoms with van der Waals surface area (Å²) in [6.07, 6.45) is 3.63. The lowest BCUT2D eigenvalue weighted by Crippen LogP contribution is -2.48. The Morgan fingerprint density at radius 3 is 2.55 bits per heavy atom. The molecule has 22 heavy (non-hydrogen) atoms. The minimum Gasteiger partial charge on any atom is -0.354 e. The summed E-state index contributed by atoms with van der Waals surface area (Å²) < 4.78 is 1.11. The highest BCUT2D eigenvalue weighted by molar-refractivity contribution is 9.10. The number of hydrogen-bond donors (Lipinski definition) is 2. The van der Waals surface area contributed by atoms with Crippen molar-refractivity contribution in [1.82, 2.24) is 15.5 Å². The fourth-order valence-corrected chi connectivity index (χ4v) is 3.06. The first-order valence-electron chi connectivity index (χ1n) is 8.15. The number of nitrogens with one attached hydrogen (secondary N) is 2. The molecule has 2 N–H and O–H groups in total. The van der Waals surface area contributed by atoms with Gasteiger partial charge in [0.05, 0.1) is 0 Å². The molecule has 0 aromatic heterocycles. The van der Waals surface area contributed by atoms with Crippen molar-refractivity contribution in [2.45, 2.75) is 38.8 Å². The van der Waals surface area contributed by atoms with Gasteiger partial charge in [-0.05, 0) is 43.5 Å². The van der Waals surface area contributed by atoms with Gasteiger partial charge in [0.1, 0.15) is 0 Å². The van der Waals surface area contributed by atoms with Gasteiger partial charge >= 0.3 is 0 Å². The SMILES string of the molecule is CCCN1CCC(NC(=NC)NCc2ccc(Br)cc2)CC1. The second-order valence-corrected chi connectivity index (χ2v) is 6.73. The van der Waals surface area contributed by atoms with Crippen LogP contribution in [0.25, 0.3) is 0 Å². The Bertz CT molecular complexity index is 464. The largest absolute Gasteiger partial charge is 0.354 e. The van der Waals surface area contributed by atoms with E-state index in [0.717, 1.165) is 17.0 Å². The monoisotopic (exact) mass is 366 g/mol. The summed E-state index contributed by atoms with van der Waals surface area (Å²) in [6.45, 7) is 6.65. The van der Waals surface area contributed by atoms with E-state index in [-0.39, 0.29) is 0 Å². The van der Waals surface area contributed by atoms with Crippen molar-refractivity contribution < 1.29 is 0 Å². The highest BCUT2D eigenvalue weighted by Crippen LogP contribution is 2.11. The number of nitrogens with zero attached hydrogens (tertiary/aromatic N) is 2. The zero-order chi connectivity index (χ0) is 15.8. The van der Waals surface area contributed by atoms with E-state index in [0.29, 0.717) is 6.04 Å². The highest BCUT2D eigenvalue weighted by Gasteiger charge is 2.19. The van der Waals surface area contributed by atoms with Crippen LogP contribution in [0.3, 0.4) is 0 Å². The van der Waals surface area contributed by atoms with Crippen molar-refractivity contribution in [1.29, 1.82) is 0 Å². The summed E-state index contributed by atoms with van der Waals surface area (Å²) in [4.78, 5) is 6.89. The average Bonchev–Trinajstić information content (AvgIpc) is 2.55. The van der Waals surface area contributed by atoms with Crippen molar-refractivity contribution in [2.75, 3.05) is 26.7 Å². The molecule has 2 rings (SSSR count). The summed E-state index contributed by atoms with van der Waals surface area (Å²) in [7, 11) is 1.84. The second-order valence-electron chi connectivity index (χ2n) is 5.81. The van der Waals surface area contributed by atoms with E-state index >= 15 is 0 Å². The molecule has 1 aromatic rings. The molecule has 1 saturated heterocycles. The van der Waals surface area contributed by atoms with Crippen LogP contribution in [0.1, 0.15) is 31.7 Å². The minimum absolute atomic E-state index is 0.532. The zero-order valence-electron chi connectivity index (χ0n) is 13.6. The fraction of sp³-hybridized carbons (Fsp3) is 0.588. The van der Waals surface area contributed by atoms with Crippen LogP contribution in [0, 0.1) is 0 Å². The quantitative estimate of drug-likeness (QED) is 0.621. The lowest BCUT2D eigenvalue weighted by Gasteiger charge is -2.32. The number of likely N-dealkylation sites (tertiary alicyclic amines) is 1. The Morgan fingerprint density at radius 2 is 1.95 bits per heavy atom. The topological polar surface area (TPSA) is 39.7 Å². The van der Waals surface area contributed by atoms with Gasteiger partial charge in [0.2, 0.25) is 0 Å². The third-order valence-corrected chi connectivity index (χ3v) is 4.59. The van der Waals surface area contributed by atoms with Crippen molar-refractivity contribution in [3.05, 3.63) is 34.3 Å². The van der Waals surface area contributed by atoms with E-state index in [1.54, 1.807) is 0 Å². The molecular weight excluding hydrogens is 340 g/mol. The summed E-state index contributed by atoms with van der Waals surface area (Å²) in [6, 6.07) is 8.90. The predicted molar refractivity (Wildman–Crippen MR) is 97.2 cm³/mol. The van der Waals surface area contributed by atoms with E-state index in [1.807, 2.05) is 7.05 Å². The van der Waals surface area contributed by atoms with Crippen LogP contribution < -0.4 is 10.6 Å². The number of guanidine groups is 1. The van der Waals surface area contributed by atoms with Crippen LogP contribution in [0.4, 0.5) is 0 Å². The van der Waals surface area contributed by atoms with E-state index < -0.39 is 0 Å². The van der Waals surface area contributed by atoms with Crippen LogP contribution in [0.5, 0.6) is 0 Å². The molecule has 5 heteroatoms. The molecular formula is C17H27BrN4. The first kappa shape index (κ1) is 17.3. The molecule has 1 aromatic carbocycles. The standard InChI is InChI=1S/C17H27BrN4/c1-3-10-22-11-8-16(9-12-22)21-17(19-2)20-13-14-4-6-15(18)7-5-14/h4-7,16H,3,8-13H2,1-2H3,(H2,19,20,21). The smallest absolute Gasteiger partial charge is 0.191 e. The molecule has 1 aliphatic rings. The van der Waals surface area contributed by atoms with E-state index in [2.05, 4.69) is 67.6 Å². The van der Waals surface area contributed by atoms with E-state index in [1.165, 1.54) is 44.5 Å². The molecule has 0 amide bonds. The molecule has 0 atom stereocenters. The number of rotatable bonds is 5. The van der Waals surface area contributed by atoms with Gasteiger partial charge in [-0.2, -0.15) is 0 Å². The second kappa shape index (κ2) is 9.16. The van der Waals surface area contributed by atoms with Gasteiger partial charge in [-0.15, -0.1) is 0 Å². The van der Waals surface area contributed by atoms with E-state index in [9.17, 15) is 0 Å². The average molecular weight is 367 g/mol. The van der Waals surface area contributed by atoms with Crippen molar-refractivity contribution in [2.24, 2.45) is 4.99 Å². The molecule has 1 fully saturated rings. The zero-order valence-corrected chi connectivity index (χ0v) is 15.2. The molecule has 0 spiro atoms. The first-order chi connectivity index (χ1) is 10.7. The summed E-state index contributed by atoms with van der Waals surface area (Å²) in [5.74, 6) is 0.900. The van der Waals surface area contributed by atoms with Crippen LogP contribution in [-0.2, 0) is 6.54 Å². The molecule has 0 unspecified atom stereocenters. The van der Waals surface area contributed by atoms with E-state index in [4.69, 9.17) is 0 Å². The van der Waals surface area contributed by atoms with Gasteiger partial charge in [0, 0.05) is 37.2 Å². The summed E-state index contributed by atoms with van der Waals surface area (Å²) in [5.41, 5.74) is 1.25. The van der Waals surface area contributed by atoms with Crippen molar-refractivity contribution in [3.63, 3.8) is 0 Å². The van der Waals surface area contributed by atoms with Crippen LogP contribution >= 0.6 is 15.9 Å². The van der Waals surface area contributed by atoms with Crippen LogP contribution in [0.2, 0.25) is 0 Å². The third-order valence-electron chi connectivity index (χ3n) is 4.07. The fourth-order valence-electron chi connectivity index (χ4n) is 2.79. The number of piperidine rings is 1. The predicted octanol–water partition coefficient (Wildman–Crippen LogP) is 2.99. The van der Waals surface area contributed by atoms with Gasteiger partial charge in [0.25, 0.3) is 0 Å². The molecule has 0 radical (unpaired) electrons. The first-order valence-corrected chi connectivity index (χ1v) is 8.94. The Labute approximate surface area is 142 Å². The van der Waals surface area contributed by atoms with Crippen LogP contribution in [-0.4, -0.2) is 43.6 Å². The van der Waals surface area contributed by atoms with Gasteiger partial charge in [-0.3, -0.25) is 4.99 Å². The molecule has 1 heterocycles. The number of hydrogen-bond acceptors (Lipinski definition) is 2. The van der Waals surface area contributed by atoms with Crippen molar-refractivity contribution in [3.8, 4) is 0 Å². The Hall–Kier alpha value is -1.07. The Kier molecular flexibility index (Phi) is 7.19. The third kappa shape index (κ3) is 5.61. The summed E-state index contributed by atoms with van der Waals surface area (Å²) >= 11 is 3.46. The maximum atomic E-state index is 4.34. The normalized spacial score (nSPS) is 17.5. The van der Waals surface area contributed by atoms with Gasteiger partial charge in [-0.1, -0.05) is 35.0 Å².